The Kier molecular flexibility index (Phi) is 49.0. The van der Waals surface area contributed by atoms with Gasteiger partial charge >= 0.3 is 5.97 Å². The van der Waals surface area contributed by atoms with Gasteiger partial charge in [0.05, 0.1) is 41.3 Å². The van der Waals surface area contributed by atoms with Crippen LogP contribution in [-0.4, -0.2) is 145 Å². The van der Waals surface area contributed by atoms with Crippen LogP contribution in [0.3, 0.4) is 0 Å². The number of likely N-dealkylation sites (N-methyl/N-ethyl adjacent to an activating group) is 2. The van der Waals surface area contributed by atoms with E-state index in [1.165, 1.54) is 205 Å². The van der Waals surface area contributed by atoms with Crippen molar-refractivity contribution >= 4 is 48.6 Å². The fourth-order valence-corrected chi connectivity index (χ4v) is 21.7. The van der Waals surface area contributed by atoms with Crippen LogP contribution < -0.4 is 16.0 Å². The Morgan fingerprint density at radius 2 is 0.622 bits per heavy atom. The molecule has 0 bridgehead atoms. The molecular weight excluding hydrogens is 1070 g/mol. The fourth-order valence-electron chi connectivity index (χ4n) is 11.4. The van der Waals surface area contributed by atoms with E-state index in [0.29, 0.717) is 47.3 Å². The molecule has 0 aromatic rings. The highest BCUT2D eigenvalue weighted by Crippen LogP contribution is 2.26. The molecular formula is C67H139N5O7Si3+2. The summed E-state index contributed by atoms with van der Waals surface area (Å²) in [6.45, 7) is 23.9. The normalized spacial score (nSPS) is 12.4. The molecule has 0 spiro atoms. The standard InChI is InChI=1S/C67H137N5O7Si3/c1-63(2)67(76)78-56-48-47-55-71(3,4)60-64(73)69-54-46-51-59-82(12,13)79-81(10,11)58-49-43-41-39-37-35-33-31-29-27-25-23-21-19-17-15-14-16-18-20-22-24-26-28-30-32-34-36-38-40-42-44-52-68-65(74)61-72(5,6)62-66(75)70-53-45-50-57-80(8,9)77-7/h1,14-62H2,2-13H3,(H-2,68,69,70,73,74,75)/p+2. The molecule has 0 rings (SSSR count). The first-order valence-electron chi connectivity index (χ1n) is 34.4. The second-order valence-electron chi connectivity index (χ2n) is 28.3. The summed E-state index contributed by atoms with van der Waals surface area (Å²) in [7, 11) is 4.96. The third-order valence-corrected chi connectivity index (χ3v) is 26.8. The third kappa shape index (κ3) is 54.7. The van der Waals surface area contributed by atoms with Crippen LogP contribution in [0.25, 0.3) is 0 Å². The second-order valence-corrected chi connectivity index (χ2v) is 41.6. The van der Waals surface area contributed by atoms with Crippen LogP contribution in [0.5, 0.6) is 0 Å². The number of ether oxygens (including phenoxy) is 1. The SMILES string of the molecule is C=C(C)C(=O)OCCCC[N+](C)(C)CC(=O)NCCCC[Si](C)(C)O[Si](C)(C)CCCCCCCCCCCCCCCCCCCCCCCCCCCCCCCCCCNC(=O)C[N+](C)(C)CC(=O)NCCCC[Si](C)(C)OC. The molecule has 15 heteroatoms. The van der Waals surface area contributed by atoms with Crippen LogP contribution >= 0.6 is 0 Å². The van der Waals surface area contributed by atoms with Gasteiger partial charge in [-0.1, -0.05) is 218 Å². The number of nitrogens with one attached hydrogen (secondary N) is 3. The predicted molar refractivity (Wildman–Crippen MR) is 359 cm³/mol. The number of quaternary nitrogens is 2. The van der Waals surface area contributed by atoms with Crippen molar-refractivity contribution in [3.05, 3.63) is 12.2 Å². The largest absolute Gasteiger partial charge is 0.462 e. The van der Waals surface area contributed by atoms with Crippen LogP contribution in [0.15, 0.2) is 12.2 Å². The number of carbonyl (C=O) groups is 4. The zero-order valence-electron chi connectivity index (χ0n) is 56.6. The second kappa shape index (κ2) is 50.1. The first-order chi connectivity index (χ1) is 38.9. The molecule has 0 aliphatic rings. The highest BCUT2D eigenvalue weighted by Gasteiger charge is 2.32. The number of nitrogens with zero attached hydrogens (tertiary/aromatic N) is 2. The number of hydrogen-bond donors (Lipinski definition) is 3. The van der Waals surface area contributed by atoms with E-state index in [0.717, 1.165) is 76.7 Å². The van der Waals surface area contributed by atoms with Crippen molar-refractivity contribution < 1.29 is 41.4 Å². The van der Waals surface area contributed by atoms with E-state index in [1.54, 1.807) is 14.0 Å². The first kappa shape index (κ1) is 80.1. The zero-order chi connectivity index (χ0) is 61.3. The van der Waals surface area contributed by atoms with Gasteiger partial charge in [0.1, 0.15) is 0 Å². The van der Waals surface area contributed by atoms with E-state index in [2.05, 4.69) is 75.9 Å². The lowest BCUT2D eigenvalue weighted by molar-refractivity contribution is -0.882. The van der Waals surface area contributed by atoms with Crippen LogP contribution in [-0.2, 0) is 32.5 Å². The van der Waals surface area contributed by atoms with Gasteiger partial charge in [-0.2, -0.15) is 0 Å². The van der Waals surface area contributed by atoms with Crippen molar-refractivity contribution in [3.63, 3.8) is 0 Å². The minimum absolute atomic E-state index is 0.0156. The van der Waals surface area contributed by atoms with Crippen molar-refractivity contribution in [2.75, 3.05) is 87.7 Å². The molecule has 82 heavy (non-hydrogen) atoms. The highest BCUT2D eigenvalue weighted by atomic mass is 28.4. The molecule has 0 aromatic heterocycles. The Labute approximate surface area is 511 Å². The molecule has 0 aliphatic heterocycles. The average Bonchev–Trinajstić information content (AvgIpc) is 3.42. The predicted octanol–water partition coefficient (Wildman–Crippen LogP) is 16.7. The summed E-state index contributed by atoms with van der Waals surface area (Å²) >= 11 is 0. The van der Waals surface area contributed by atoms with Gasteiger partial charge in [-0.15, -0.1) is 0 Å². The molecule has 12 nitrogen and oxygen atoms in total. The summed E-state index contributed by atoms with van der Waals surface area (Å²) in [6.07, 6.45) is 50.2. The molecule has 0 fully saturated rings. The maximum absolute atomic E-state index is 12.6. The summed E-state index contributed by atoms with van der Waals surface area (Å²) in [5.41, 5.74) is 0.426. The highest BCUT2D eigenvalue weighted by molar-refractivity contribution is 6.84. The summed E-state index contributed by atoms with van der Waals surface area (Å²) in [6, 6.07) is 3.53. The summed E-state index contributed by atoms with van der Waals surface area (Å²) < 4.78 is 18.7. The number of unbranched alkanes of at least 4 members (excludes halogenated alkanes) is 34. The van der Waals surface area contributed by atoms with E-state index in [9.17, 15) is 19.2 Å². The zero-order valence-corrected chi connectivity index (χ0v) is 59.6. The lowest BCUT2D eigenvalue weighted by Crippen LogP contribution is -2.52. The Morgan fingerprint density at radius 1 is 0.366 bits per heavy atom. The fraction of sp³-hybridized carbons (Fsp3) is 0.910. The lowest BCUT2D eigenvalue weighted by Gasteiger charge is -2.34. The molecule has 0 saturated heterocycles. The average molecular weight is 1210 g/mol. The van der Waals surface area contributed by atoms with Crippen LogP contribution in [0, 0.1) is 0 Å². The van der Waals surface area contributed by atoms with Crippen LogP contribution in [0.2, 0.25) is 57.4 Å². The van der Waals surface area contributed by atoms with Gasteiger partial charge in [-0.25, -0.2) is 4.79 Å². The number of rotatable bonds is 60. The van der Waals surface area contributed by atoms with Gasteiger partial charge in [-0.05, 0) is 96.4 Å². The molecule has 484 valence electrons. The number of esters is 1. The monoisotopic (exact) mass is 1210 g/mol. The molecule has 0 radical (unpaired) electrons. The third-order valence-electron chi connectivity index (χ3n) is 16.6. The number of carbonyl (C=O) groups excluding carboxylic acids is 4. The van der Waals surface area contributed by atoms with Crippen molar-refractivity contribution in [1.82, 2.24) is 16.0 Å². The van der Waals surface area contributed by atoms with Crippen molar-refractivity contribution in [2.45, 2.75) is 308 Å². The molecule has 3 N–H and O–H groups in total. The molecule has 0 saturated carbocycles. The summed E-state index contributed by atoms with van der Waals surface area (Å²) in [5.74, 6) is -0.175. The molecule has 0 heterocycles. The first-order valence-corrected chi connectivity index (χ1v) is 43.8. The van der Waals surface area contributed by atoms with Crippen molar-refractivity contribution in [3.8, 4) is 0 Å². The van der Waals surface area contributed by atoms with E-state index >= 15 is 0 Å². The van der Waals surface area contributed by atoms with Gasteiger partial charge < -0.3 is 38.2 Å². The maximum atomic E-state index is 12.6. The Hall–Kier alpha value is -1.89. The maximum Gasteiger partial charge on any atom is 0.333 e. The van der Waals surface area contributed by atoms with Gasteiger partial charge in [0.2, 0.25) is 0 Å². The topological polar surface area (TPSA) is 132 Å². The van der Waals surface area contributed by atoms with E-state index < -0.39 is 25.0 Å². The van der Waals surface area contributed by atoms with E-state index in [4.69, 9.17) is 13.3 Å². The van der Waals surface area contributed by atoms with Crippen molar-refractivity contribution in [2.24, 2.45) is 0 Å². The molecule has 0 aliphatic carbocycles. The van der Waals surface area contributed by atoms with Crippen molar-refractivity contribution in [1.29, 1.82) is 0 Å². The minimum Gasteiger partial charge on any atom is -0.462 e. The van der Waals surface area contributed by atoms with Gasteiger partial charge in [0.15, 0.2) is 44.6 Å². The van der Waals surface area contributed by atoms with Crippen LogP contribution in [0.1, 0.15) is 251 Å². The molecule has 0 aromatic carbocycles. The Morgan fingerprint density at radius 3 is 0.927 bits per heavy atom. The van der Waals surface area contributed by atoms with Gasteiger partial charge in [-0.3, -0.25) is 14.4 Å². The van der Waals surface area contributed by atoms with Crippen LogP contribution in [0.4, 0.5) is 0 Å². The smallest absolute Gasteiger partial charge is 0.333 e. The number of amides is 3. The molecule has 0 atom stereocenters. The minimum atomic E-state index is -1.72. The van der Waals surface area contributed by atoms with E-state index in [-0.39, 0.29) is 23.7 Å². The quantitative estimate of drug-likeness (QED) is 0.0182. The van der Waals surface area contributed by atoms with Gasteiger partial charge in [0.25, 0.3) is 17.7 Å². The van der Waals surface area contributed by atoms with Gasteiger partial charge in [0, 0.05) is 32.3 Å². The summed E-state index contributed by atoms with van der Waals surface area (Å²) in [5, 5.41) is 9.25. The Bertz CT molecular complexity index is 1610. The number of hydrogen-bond acceptors (Lipinski definition) is 7. The lowest BCUT2D eigenvalue weighted by atomic mass is 10.0. The van der Waals surface area contributed by atoms with E-state index in [1.807, 2.05) is 14.1 Å². The summed E-state index contributed by atoms with van der Waals surface area (Å²) in [4.78, 5) is 49.1. The Balaban J connectivity index is 3.52. The molecule has 3 amide bonds. The molecule has 0 unspecified atom stereocenters.